The lowest BCUT2D eigenvalue weighted by molar-refractivity contribution is -0.440. The molecule has 1 fully saturated rings. The number of aldehydes is 1. The van der Waals surface area contributed by atoms with Gasteiger partial charge in [0, 0.05) is 14.2 Å². The molecular weight excluding hydrogens is 200 g/mol. The number of carbonyl (C=O) groups excluding carboxylic acids is 1. The van der Waals surface area contributed by atoms with Gasteiger partial charge in [0.15, 0.2) is 6.29 Å². The van der Waals surface area contributed by atoms with Gasteiger partial charge in [-0.15, -0.1) is 0 Å². The minimum atomic E-state index is -1.12. The Bertz CT molecular complexity index is 256. The van der Waals surface area contributed by atoms with E-state index < -0.39 is 17.2 Å². The maximum Gasteiger partial charge on any atom is 0.221 e. The molecule has 1 aliphatic rings. The van der Waals surface area contributed by atoms with E-state index in [9.17, 15) is 4.79 Å². The van der Waals surface area contributed by atoms with Crippen molar-refractivity contribution in [2.75, 3.05) is 20.8 Å². The van der Waals surface area contributed by atoms with Crippen molar-refractivity contribution in [2.45, 2.75) is 37.9 Å². The van der Waals surface area contributed by atoms with Crippen LogP contribution in [0.1, 0.15) is 20.8 Å². The highest BCUT2D eigenvalue weighted by atomic mass is 16.8. The van der Waals surface area contributed by atoms with Crippen molar-refractivity contribution in [1.29, 1.82) is 0 Å². The lowest BCUT2D eigenvalue weighted by Crippen LogP contribution is -2.66. The van der Waals surface area contributed by atoms with E-state index in [1.54, 1.807) is 20.8 Å². The fourth-order valence-electron chi connectivity index (χ4n) is 1.51. The molecule has 0 N–H and O–H groups in total. The molecule has 0 aromatic carbocycles. The van der Waals surface area contributed by atoms with Gasteiger partial charge in [0.1, 0.15) is 5.60 Å². The highest BCUT2D eigenvalue weighted by Crippen LogP contribution is 2.39. The molecule has 0 amide bonds. The molecule has 0 aromatic rings. The molecule has 1 saturated heterocycles. The lowest BCUT2D eigenvalue weighted by atomic mass is 10.0. The van der Waals surface area contributed by atoms with Crippen LogP contribution in [-0.2, 0) is 23.7 Å². The average molecular weight is 218 g/mol. The van der Waals surface area contributed by atoms with E-state index in [1.807, 2.05) is 0 Å². The SMILES string of the molecule is CO[C@]1(C)OC[C@@](C)(C=O)O[C@@]1(C)OC. The van der Waals surface area contributed by atoms with E-state index in [-0.39, 0.29) is 6.61 Å². The van der Waals surface area contributed by atoms with E-state index in [4.69, 9.17) is 18.9 Å². The van der Waals surface area contributed by atoms with Crippen LogP contribution in [0.15, 0.2) is 0 Å². The van der Waals surface area contributed by atoms with E-state index in [0.717, 1.165) is 0 Å². The molecule has 0 aliphatic carbocycles. The second-order valence-corrected chi connectivity index (χ2v) is 4.12. The third kappa shape index (κ3) is 1.92. The highest BCUT2D eigenvalue weighted by molar-refractivity contribution is 5.62. The Labute approximate surface area is 89.6 Å². The Kier molecular flexibility index (Phi) is 3.21. The summed E-state index contributed by atoms with van der Waals surface area (Å²) < 4.78 is 21.6. The first-order valence-corrected chi connectivity index (χ1v) is 4.75. The maximum absolute atomic E-state index is 10.9. The van der Waals surface area contributed by atoms with Crippen LogP contribution in [0.2, 0.25) is 0 Å². The van der Waals surface area contributed by atoms with Gasteiger partial charge in [-0.1, -0.05) is 0 Å². The van der Waals surface area contributed by atoms with Gasteiger partial charge in [-0.05, 0) is 20.8 Å². The number of rotatable bonds is 3. The van der Waals surface area contributed by atoms with Crippen molar-refractivity contribution in [3.63, 3.8) is 0 Å². The molecule has 0 unspecified atom stereocenters. The standard InChI is InChI=1S/C10H18O5/c1-8(6-11)7-14-9(2,12-4)10(3,13-5)15-8/h6H,7H2,1-5H3/t8-,9-,10-/m1/s1. The van der Waals surface area contributed by atoms with Crippen LogP contribution in [0.4, 0.5) is 0 Å². The molecule has 0 spiro atoms. The number of hydrogen-bond acceptors (Lipinski definition) is 5. The quantitative estimate of drug-likeness (QED) is 0.653. The summed E-state index contributed by atoms with van der Waals surface area (Å²) in [6, 6.07) is 0. The molecular formula is C10H18O5. The van der Waals surface area contributed by atoms with Crippen LogP contribution in [0.3, 0.4) is 0 Å². The Morgan fingerprint density at radius 1 is 1.13 bits per heavy atom. The fraction of sp³-hybridized carbons (Fsp3) is 0.900. The summed E-state index contributed by atoms with van der Waals surface area (Å²) in [4.78, 5) is 10.9. The Morgan fingerprint density at radius 3 is 2.07 bits per heavy atom. The van der Waals surface area contributed by atoms with Crippen molar-refractivity contribution in [3.8, 4) is 0 Å². The van der Waals surface area contributed by atoms with E-state index in [0.29, 0.717) is 6.29 Å². The zero-order chi connectivity index (χ0) is 11.7. The van der Waals surface area contributed by atoms with E-state index >= 15 is 0 Å². The average Bonchev–Trinajstić information content (AvgIpc) is 2.24. The van der Waals surface area contributed by atoms with Crippen molar-refractivity contribution in [2.24, 2.45) is 0 Å². The van der Waals surface area contributed by atoms with E-state index in [2.05, 4.69) is 0 Å². The van der Waals surface area contributed by atoms with Crippen molar-refractivity contribution < 1.29 is 23.7 Å². The predicted molar refractivity (Wildman–Crippen MR) is 52.3 cm³/mol. The Morgan fingerprint density at radius 2 is 1.67 bits per heavy atom. The monoisotopic (exact) mass is 218 g/mol. The first-order valence-electron chi connectivity index (χ1n) is 4.75. The first kappa shape index (κ1) is 12.6. The summed E-state index contributed by atoms with van der Waals surface area (Å²) in [5, 5.41) is 0. The van der Waals surface area contributed by atoms with Crippen LogP contribution in [0, 0.1) is 0 Å². The highest BCUT2D eigenvalue weighted by Gasteiger charge is 2.56. The van der Waals surface area contributed by atoms with Crippen LogP contribution in [0.25, 0.3) is 0 Å². The summed E-state index contributed by atoms with van der Waals surface area (Å²) in [7, 11) is 2.99. The van der Waals surface area contributed by atoms with Gasteiger partial charge < -0.3 is 23.7 Å². The summed E-state index contributed by atoms with van der Waals surface area (Å²) in [5.41, 5.74) is -0.997. The van der Waals surface area contributed by atoms with Gasteiger partial charge in [0.25, 0.3) is 0 Å². The van der Waals surface area contributed by atoms with Gasteiger partial charge in [0.05, 0.1) is 6.61 Å². The topological polar surface area (TPSA) is 54.0 Å². The summed E-state index contributed by atoms with van der Waals surface area (Å²) in [6.07, 6.45) is 0.708. The largest absolute Gasteiger partial charge is 0.349 e. The second kappa shape index (κ2) is 3.83. The minimum Gasteiger partial charge on any atom is -0.349 e. The number of methoxy groups -OCH3 is 2. The van der Waals surface area contributed by atoms with Crippen molar-refractivity contribution >= 4 is 6.29 Å². The van der Waals surface area contributed by atoms with Gasteiger partial charge >= 0.3 is 0 Å². The molecule has 15 heavy (non-hydrogen) atoms. The van der Waals surface area contributed by atoms with Gasteiger partial charge in [-0.3, -0.25) is 0 Å². The number of ether oxygens (including phenoxy) is 4. The Balaban J connectivity index is 2.98. The fourth-order valence-corrected chi connectivity index (χ4v) is 1.51. The zero-order valence-corrected chi connectivity index (χ0v) is 9.83. The smallest absolute Gasteiger partial charge is 0.221 e. The normalized spacial score (nSPS) is 46.5. The van der Waals surface area contributed by atoms with Crippen molar-refractivity contribution in [1.82, 2.24) is 0 Å². The van der Waals surface area contributed by atoms with Gasteiger partial charge in [-0.25, -0.2) is 0 Å². The second-order valence-electron chi connectivity index (χ2n) is 4.12. The minimum absolute atomic E-state index is 0.139. The molecule has 1 aliphatic heterocycles. The van der Waals surface area contributed by atoms with Crippen molar-refractivity contribution in [3.05, 3.63) is 0 Å². The third-order valence-electron chi connectivity index (χ3n) is 2.92. The van der Waals surface area contributed by atoms with Crippen LogP contribution in [0.5, 0.6) is 0 Å². The third-order valence-corrected chi connectivity index (χ3v) is 2.92. The maximum atomic E-state index is 10.9. The summed E-state index contributed by atoms with van der Waals surface area (Å²) >= 11 is 0. The molecule has 1 heterocycles. The van der Waals surface area contributed by atoms with Gasteiger partial charge in [0.2, 0.25) is 11.6 Å². The summed E-state index contributed by atoms with van der Waals surface area (Å²) in [6.45, 7) is 5.17. The summed E-state index contributed by atoms with van der Waals surface area (Å²) in [5.74, 6) is -2.14. The Hall–Kier alpha value is -0.490. The molecule has 0 bridgehead atoms. The molecule has 5 nitrogen and oxygen atoms in total. The molecule has 0 aromatic heterocycles. The predicted octanol–water partition coefficient (Wildman–Crippen LogP) is 0.716. The zero-order valence-electron chi connectivity index (χ0n) is 9.83. The van der Waals surface area contributed by atoms with Gasteiger partial charge in [-0.2, -0.15) is 0 Å². The van der Waals surface area contributed by atoms with Crippen LogP contribution < -0.4 is 0 Å². The molecule has 5 heteroatoms. The number of carbonyl (C=O) groups is 1. The molecule has 0 saturated carbocycles. The first-order chi connectivity index (χ1) is 6.85. The molecule has 88 valence electrons. The van der Waals surface area contributed by atoms with E-state index in [1.165, 1.54) is 14.2 Å². The molecule has 3 atom stereocenters. The molecule has 1 rings (SSSR count). The van der Waals surface area contributed by atoms with Crippen LogP contribution in [-0.4, -0.2) is 44.3 Å². The lowest BCUT2D eigenvalue weighted by Gasteiger charge is -2.51. The van der Waals surface area contributed by atoms with Crippen LogP contribution >= 0.6 is 0 Å². The number of hydrogen-bond donors (Lipinski definition) is 0. The molecule has 0 radical (unpaired) electrons.